The highest BCUT2D eigenvalue weighted by Crippen LogP contribution is 2.09. The van der Waals surface area contributed by atoms with Gasteiger partial charge in [-0.15, -0.1) is 0 Å². The summed E-state index contributed by atoms with van der Waals surface area (Å²) in [6, 6.07) is 0. The summed E-state index contributed by atoms with van der Waals surface area (Å²) in [6.45, 7) is 0.881. The predicted molar refractivity (Wildman–Crippen MR) is 38.1 cm³/mol. The van der Waals surface area contributed by atoms with Gasteiger partial charge in [0, 0.05) is 13.6 Å². The largest absolute Gasteiger partial charge is 0.333 e. The quantitative estimate of drug-likeness (QED) is 0.330. The molecule has 0 saturated carbocycles. The molecule has 1 amide bonds. The molecule has 0 aliphatic carbocycles. The molecule has 0 radical (unpaired) electrons. The average molecular weight is 211 g/mol. The third-order valence-corrected chi connectivity index (χ3v) is 3.00. The van der Waals surface area contributed by atoms with E-state index in [-0.39, 0.29) is 20.7 Å². The van der Waals surface area contributed by atoms with Crippen LogP contribution >= 0.6 is 20.7 Å². The van der Waals surface area contributed by atoms with Gasteiger partial charge < -0.3 is 4.90 Å². The minimum Gasteiger partial charge on any atom is -0.333 e. The van der Waals surface area contributed by atoms with Crippen molar-refractivity contribution in [3.63, 3.8) is 0 Å². The maximum atomic E-state index is 10.5. The average Bonchev–Trinajstić information content (AvgIpc) is 1.91. The summed E-state index contributed by atoms with van der Waals surface area (Å²) >= 11 is -0.199. The Kier molecular flexibility index (Phi) is 1.41. The lowest BCUT2D eigenvalue weighted by Gasteiger charge is -2.02. The second kappa shape index (κ2) is 1.90. The standard InChI is InChI=1S/C4H6INO/c1-6-3-2-5-4(6)7/h2H,3H2,1H3. The molecule has 0 unspecified atom stereocenters. The van der Waals surface area contributed by atoms with Gasteiger partial charge >= 0.3 is 0 Å². The normalized spacial score (nSPS) is 20.1. The van der Waals surface area contributed by atoms with Crippen molar-refractivity contribution in [3.05, 3.63) is 0 Å². The van der Waals surface area contributed by atoms with Gasteiger partial charge in [-0.25, -0.2) is 0 Å². The Balaban J connectivity index is 2.62. The molecule has 0 fully saturated rings. The van der Waals surface area contributed by atoms with Crippen LogP contribution in [-0.2, 0) is 0 Å². The van der Waals surface area contributed by atoms with E-state index in [2.05, 4.69) is 4.01 Å². The third-order valence-electron chi connectivity index (χ3n) is 0.813. The summed E-state index contributed by atoms with van der Waals surface area (Å²) in [4.78, 5) is 12.3. The molecule has 0 aromatic rings. The maximum Gasteiger partial charge on any atom is 0.277 e. The van der Waals surface area contributed by atoms with Crippen molar-refractivity contribution >= 4 is 28.7 Å². The Bertz CT molecular complexity index is 121. The summed E-state index contributed by atoms with van der Waals surface area (Å²) in [5, 5.41) is 0. The van der Waals surface area contributed by atoms with E-state index in [9.17, 15) is 4.79 Å². The SMILES string of the molecule is CN1CC=IC1=O. The van der Waals surface area contributed by atoms with Crippen molar-refractivity contribution in [1.29, 1.82) is 0 Å². The van der Waals surface area contributed by atoms with Crippen molar-refractivity contribution in [2.24, 2.45) is 0 Å². The summed E-state index contributed by atoms with van der Waals surface area (Å²) in [5.74, 6) is 0. The lowest BCUT2D eigenvalue weighted by molar-refractivity contribution is 0.242. The third kappa shape index (κ3) is 0.992. The topological polar surface area (TPSA) is 20.3 Å². The molecule has 0 atom stereocenters. The zero-order valence-corrected chi connectivity index (χ0v) is 6.18. The molecule has 0 aromatic heterocycles. The first-order valence-electron chi connectivity index (χ1n) is 2.01. The highest BCUT2D eigenvalue weighted by molar-refractivity contribution is 14.2. The van der Waals surface area contributed by atoms with Crippen molar-refractivity contribution in [1.82, 2.24) is 4.90 Å². The van der Waals surface area contributed by atoms with Gasteiger partial charge in [0.2, 0.25) is 0 Å². The second-order valence-corrected chi connectivity index (χ2v) is 3.82. The first-order chi connectivity index (χ1) is 3.30. The Labute approximate surface area is 52.2 Å². The van der Waals surface area contributed by atoms with Gasteiger partial charge in [0.05, 0.1) is 0 Å². The van der Waals surface area contributed by atoms with Gasteiger partial charge in [0.15, 0.2) is 0 Å². The van der Waals surface area contributed by atoms with E-state index in [1.54, 1.807) is 4.90 Å². The smallest absolute Gasteiger partial charge is 0.277 e. The molecular weight excluding hydrogens is 205 g/mol. The minimum absolute atomic E-state index is 0.199. The Hall–Kier alpha value is 0.0700. The molecule has 1 aliphatic rings. The fourth-order valence-corrected chi connectivity index (χ4v) is 2.20. The molecule has 1 rings (SSSR count). The van der Waals surface area contributed by atoms with Crippen molar-refractivity contribution < 1.29 is 4.79 Å². The lowest BCUT2D eigenvalue weighted by Crippen LogP contribution is -2.16. The molecule has 7 heavy (non-hydrogen) atoms. The Morgan fingerprint density at radius 1 is 2.00 bits per heavy atom. The lowest BCUT2D eigenvalue weighted by atomic mass is 10.7. The Morgan fingerprint density at radius 3 is 2.86 bits per heavy atom. The Morgan fingerprint density at radius 2 is 2.71 bits per heavy atom. The van der Waals surface area contributed by atoms with Gasteiger partial charge in [0.25, 0.3) is 3.91 Å². The van der Waals surface area contributed by atoms with E-state index in [0.29, 0.717) is 3.91 Å². The summed E-state index contributed by atoms with van der Waals surface area (Å²) < 4.78 is 2.43. The first kappa shape index (κ1) is 5.21. The van der Waals surface area contributed by atoms with Gasteiger partial charge in [-0.2, -0.15) is 0 Å². The predicted octanol–water partition coefficient (Wildman–Crippen LogP) is 0.825. The fourth-order valence-electron chi connectivity index (χ4n) is 0.359. The van der Waals surface area contributed by atoms with E-state index in [4.69, 9.17) is 0 Å². The van der Waals surface area contributed by atoms with Gasteiger partial charge in [-0.3, -0.25) is 4.79 Å². The van der Waals surface area contributed by atoms with Crippen molar-refractivity contribution in [2.45, 2.75) is 0 Å². The zero-order valence-electron chi connectivity index (χ0n) is 4.02. The van der Waals surface area contributed by atoms with Crippen LogP contribution < -0.4 is 0 Å². The molecule has 1 heterocycles. The van der Waals surface area contributed by atoms with Gasteiger partial charge in [-0.05, 0) is 24.7 Å². The van der Waals surface area contributed by atoms with E-state index in [0.717, 1.165) is 6.54 Å². The van der Waals surface area contributed by atoms with E-state index in [1.165, 1.54) is 0 Å². The second-order valence-electron chi connectivity index (χ2n) is 1.40. The van der Waals surface area contributed by atoms with Crippen LogP contribution in [0, 0.1) is 0 Å². The number of rotatable bonds is 0. The molecule has 0 aromatic carbocycles. The molecule has 0 bridgehead atoms. The van der Waals surface area contributed by atoms with Crippen LogP contribution in [0.5, 0.6) is 0 Å². The zero-order chi connectivity index (χ0) is 5.28. The molecule has 0 spiro atoms. The van der Waals surface area contributed by atoms with Crippen LogP contribution in [0.2, 0.25) is 0 Å². The van der Waals surface area contributed by atoms with Crippen LogP contribution in [0.15, 0.2) is 0 Å². The number of amides is 1. The molecule has 1 aliphatic heterocycles. The number of hydrogen-bond donors (Lipinski definition) is 0. The highest BCUT2D eigenvalue weighted by Gasteiger charge is 2.07. The summed E-state index contributed by atoms with van der Waals surface area (Å²) in [6.07, 6.45) is 0. The molecule has 0 N–H and O–H groups in total. The molecular formula is C4H6INO. The first-order valence-corrected chi connectivity index (χ1v) is 4.33. The van der Waals surface area contributed by atoms with Crippen LogP contribution in [-0.4, -0.2) is 26.4 Å². The highest BCUT2D eigenvalue weighted by atomic mass is 127. The van der Waals surface area contributed by atoms with Gasteiger partial charge in [-0.1, -0.05) is 0 Å². The van der Waals surface area contributed by atoms with Crippen molar-refractivity contribution in [3.8, 4) is 0 Å². The molecule has 40 valence electrons. The molecule has 2 nitrogen and oxygen atoms in total. The van der Waals surface area contributed by atoms with E-state index >= 15 is 0 Å². The monoisotopic (exact) mass is 211 g/mol. The molecule has 0 saturated heterocycles. The van der Waals surface area contributed by atoms with Crippen molar-refractivity contribution in [2.75, 3.05) is 13.6 Å². The fraction of sp³-hybridized carbons (Fsp3) is 0.500. The van der Waals surface area contributed by atoms with Crippen LogP contribution in [0.3, 0.4) is 0 Å². The van der Waals surface area contributed by atoms with E-state index < -0.39 is 0 Å². The van der Waals surface area contributed by atoms with Crippen LogP contribution in [0.25, 0.3) is 0 Å². The number of nitrogens with zero attached hydrogens (tertiary/aromatic N) is 1. The van der Waals surface area contributed by atoms with Crippen LogP contribution in [0.1, 0.15) is 0 Å². The number of carbonyl (C=O) groups excluding carboxylic acids is 1. The number of carbonyl (C=O) groups is 1. The number of hydrogen-bond acceptors (Lipinski definition) is 1. The molecule has 3 heteroatoms. The summed E-state index contributed by atoms with van der Waals surface area (Å²) in [5.41, 5.74) is 0. The van der Waals surface area contributed by atoms with Crippen LogP contribution in [0.4, 0.5) is 4.79 Å². The minimum atomic E-state index is -0.199. The van der Waals surface area contributed by atoms with E-state index in [1.807, 2.05) is 7.05 Å². The van der Waals surface area contributed by atoms with Gasteiger partial charge in [0.1, 0.15) is 0 Å². The number of halogens is 1. The summed E-state index contributed by atoms with van der Waals surface area (Å²) in [7, 11) is 1.84. The maximum absolute atomic E-state index is 10.5.